The standard InChI is InChI=1S/C9H14ClNO/c1-2-3-4-5-6-8-7-9(10)12-11-8/h7H,2-6H2,1H3. The van der Waals surface area contributed by atoms with Gasteiger partial charge in [0.05, 0.1) is 5.69 Å². The molecule has 0 unspecified atom stereocenters. The van der Waals surface area contributed by atoms with Crippen molar-refractivity contribution in [1.82, 2.24) is 5.16 Å². The fraction of sp³-hybridized carbons (Fsp3) is 0.667. The summed E-state index contributed by atoms with van der Waals surface area (Å²) in [5.41, 5.74) is 0.969. The van der Waals surface area contributed by atoms with E-state index in [4.69, 9.17) is 16.1 Å². The Kier molecular flexibility index (Phi) is 4.15. The molecule has 0 radical (unpaired) electrons. The maximum absolute atomic E-state index is 5.57. The first-order chi connectivity index (χ1) is 5.83. The van der Waals surface area contributed by atoms with Gasteiger partial charge in [0, 0.05) is 6.07 Å². The van der Waals surface area contributed by atoms with Gasteiger partial charge in [0.2, 0.25) is 5.22 Å². The zero-order valence-corrected chi connectivity index (χ0v) is 8.10. The first kappa shape index (κ1) is 9.59. The highest BCUT2D eigenvalue weighted by Gasteiger charge is 2.00. The lowest BCUT2D eigenvalue weighted by Gasteiger charge is -1.94. The summed E-state index contributed by atoms with van der Waals surface area (Å²) in [7, 11) is 0. The van der Waals surface area contributed by atoms with Crippen molar-refractivity contribution in [3.63, 3.8) is 0 Å². The molecule has 0 aromatic carbocycles. The van der Waals surface area contributed by atoms with Crippen LogP contribution in [-0.4, -0.2) is 5.16 Å². The van der Waals surface area contributed by atoms with Crippen molar-refractivity contribution in [2.75, 3.05) is 0 Å². The van der Waals surface area contributed by atoms with Gasteiger partial charge in [0.1, 0.15) is 0 Å². The number of aromatic nitrogens is 1. The fourth-order valence-electron chi connectivity index (χ4n) is 1.14. The van der Waals surface area contributed by atoms with Crippen LogP contribution in [0.3, 0.4) is 0 Å². The van der Waals surface area contributed by atoms with Crippen LogP contribution in [0.1, 0.15) is 38.3 Å². The highest BCUT2D eigenvalue weighted by atomic mass is 35.5. The van der Waals surface area contributed by atoms with Gasteiger partial charge in [-0.3, -0.25) is 0 Å². The summed E-state index contributed by atoms with van der Waals surface area (Å²) in [5, 5.41) is 4.20. The molecule has 1 aromatic rings. The maximum atomic E-state index is 5.57. The van der Waals surface area contributed by atoms with Crippen LogP contribution in [0.5, 0.6) is 0 Å². The fourth-order valence-corrected chi connectivity index (χ4v) is 1.30. The minimum absolute atomic E-state index is 0.389. The molecule has 0 spiro atoms. The highest BCUT2D eigenvalue weighted by Crippen LogP contribution is 2.12. The van der Waals surface area contributed by atoms with Crippen molar-refractivity contribution in [3.8, 4) is 0 Å². The first-order valence-corrected chi connectivity index (χ1v) is 4.82. The maximum Gasteiger partial charge on any atom is 0.226 e. The van der Waals surface area contributed by atoms with E-state index in [-0.39, 0.29) is 0 Å². The van der Waals surface area contributed by atoms with Crippen molar-refractivity contribution < 1.29 is 4.52 Å². The minimum atomic E-state index is 0.389. The molecule has 0 fully saturated rings. The Morgan fingerprint density at radius 2 is 2.25 bits per heavy atom. The SMILES string of the molecule is CCCCCCc1cc(Cl)on1. The summed E-state index contributed by atoms with van der Waals surface area (Å²) in [6.07, 6.45) is 5.99. The molecule has 0 atom stereocenters. The zero-order chi connectivity index (χ0) is 8.81. The van der Waals surface area contributed by atoms with Crippen molar-refractivity contribution >= 4 is 11.6 Å². The topological polar surface area (TPSA) is 26.0 Å². The van der Waals surface area contributed by atoms with Crippen molar-refractivity contribution in [1.29, 1.82) is 0 Å². The molecular formula is C9H14ClNO. The monoisotopic (exact) mass is 187 g/mol. The van der Waals surface area contributed by atoms with Crippen LogP contribution < -0.4 is 0 Å². The lowest BCUT2D eigenvalue weighted by atomic mass is 10.1. The number of aryl methyl sites for hydroxylation is 1. The Bertz CT molecular complexity index is 222. The van der Waals surface area contributed by atoms with E-state index in [0.717, 1.165) is 12.1 Å². The first-order valence-electron chi connectivity index (χ1n) is 4.44. The Labute approximate surface area is 77.9 Å². The van der Waals surface area contributed by atoms with Crippen LogP contribution in [0.4, 0.5) is 0 Å². The van der Waals surface area contributed by atoms with E-state index < -0.39 is 0 Å². The van der Waals surface area contributed by atoms with E-state index in [1.807, 2.05) is 0 Å². The minimum Gasteiger partial charge on any atom is -0.344 e. The van der Waals surface area contributed by atoms with E-state index in [1.54, 1.807) is 6.07 Å². The highest BCUT2D eigenvalue weighted by molar-refractivity contribution is 6.28. The Morgan fingerprint density at radius 3 is 2.83 bits per heavy atom. The van der Waals surface area contributed by atoms with Gasteiger partial charge in [-0.2, -0.15) is 0 Å². The molecule has 0 aliphatic rings. The smallest absolute Gasteiger partial charge is 0.226 e. The van der Waals surface area contributed by atoms with Crippen molar-refractivity contribution in [3.05, 3.63) is 17.0 Å². The third kappa shape index (κ3) is 3.26. The molecule has 0 bridgehead atoms. The summed E-state index contributed by atoms with van der Waals surface area (Å²) in [4.78, 5) is 0. The third-order valence-electron chi connectivity index (χ3n) is 1.82. The summed E-state index contributed by atoms with van der Waals surface area (Å²) in [5.74, 6) is 0. The van der Waals surface area contributed by atoms with Gasteiger partial charge in [-0.15, -0.1) is 0 Å². The molecular weight excluding hydrogens is 174 g/mol. The van der Waals surface area contributed by atoms with E-state index >= 15 is 0 Å². The molecule has 0 aliphatic carbocycles. The van der Waals surface area contributed by atoms with Gasteiger partial charge in [0.25, 0.3) is 0 Å². The predicted molar refractivity (Wildman–Crippen MR) is 49.4 cm³/mol. The zero-order valence-electron chi connectivity index (χ0n) is 7.35. The summed E-state index contributed by atoms with van der Waals surface area (Å²) in [6, 6.07) is 1.79. The van der Waals surface area contributed by atoms with Crippen LogP contribution in [0.25, 0.3) is 0 Å². The molecule has 12 heavy (non-hydrogen) atoms. The molecule has 1 heterocycles. The molecule has 2 nitrogen and oxygen atoms in total. The number of hydrogen-bond acceptors (Lipinski definition) is 2. The second-order valence-corrected chi connectivity index (χ2v) is 3.31. The average molecular weight is 188 g/mol. The lowest BCUT2D eigenvalue weighted by Crippen LogP contribution is -1.84. The number of nitrogens with zero attached hydrogens (tertiary/aromatic N) is 1. The van der Waals surface area contributed by atoms with Crippen molar-refractivity contribution in [2.45, 2.75) is 39.0 Å². The average Bonchev–Trinajstić information content (AvgIpc) is 2.45. The predicted octanol–water partition coefficient (Wildman–Crippen LogP) is 3.45. The van der Waals surface area contributed by atoms with E-state index in [1.165, 1.54) is 25.7 Å². The molecule has 1 aromatic heterocycles. The summed E-state index contributed by atoms with van der Waals surface area (Å²) < 4.78 is 4.74. The number of rotatable bonds is 5. The van der Waals surface area contributed by atoms with Crippen LogP contribution >= 0.6 is 11.6 Å². The van der Waals surface area contributed by atoms with Crippen LogP contribution in [0.2, 0.25) is 5.22 Å². The number of halogens is 1. The molecule has 0 amide bonds. The van der Waals surface area contributed by atoms with E-state index in [2.05, 4.69) is 12.1 Å². The largest absolute Gasteiger partial charge is 0.344 e. The molecule has 0 saturated heterocycles. The van der Waals surface area contributed by atoms with Gasteiger partial charge in [-0.05, 0) is 24.4 Å². The van der Waals surface area contributed by atoms with Crippen molar-refractivity contribution in [2.24, 2.45) is 0 Å². The Morgan fingerprint density at radius 1 is 1.42 bits per heavy atom. The van der Waals surface area contributed by atoms with Gasteiger partial charge in [-0.25, -0.2) is 0 Å². The molecule has 3 heteroatoms. The molecule has 0 saturated carbocycles. The van der Waals surface area contributed by atoms with Crippen LogP contribution in [0.15, 0.2) is 10.6 Å². The molecule has 0 aliphatic heterocycles. The molecule has 0 N–H and O–H groups in total. The van der Waals surface area contributed by atoms with Gasteiger partial charge >= 0.3 is 0 Å². The second-order valence-electron chi connectivity index (χ2n) is 2.93. The normalized spacial score (nSPS) is 10.5. The summed E-state index contributed by atoms with van der Waals surface area (Å²) >= 11 is 5.57. The van der Waals surface area contributed by atoms with E-state index in [0.29, 0.717) is 5.22 Å². The van der Waals surface area contributed by atoms with Gasteiger partial charge in [0.15, 0.2) is 0 Å². The Balaban J connectivity index is 2.15. The van der Waals surface area contributed by atoms with Gasteiger partial charge < -0.3 is 4.52 Å². The third-order valence-corrected chi connectivity index (χ3v) is 1.99. The van der Waals surface area contributed by atoms with Gasteiger partial charge in [-0.1, -0.05) is 31.3 Å². The number of hydrogen-bond donors (Lipinski definition) is 0. The van der Waals surface area contributed by atoms with E-state index in [9.17, 15) is 0 Å². The van der Waals surface area contributed by atoms with Crippen LogP contribution in [0, 0.1) is 0 Å². The quantitative estimate of drug-likeness (QED) is 0.660. The Hall–Kier alpha value is -0.500. The van der Waals surface area contributed by atoms with Crippen LogP contribution in [-0.2, 0) is 6.42 Å². The summed E-state index contributed by atoms with van der Waals surface area (Å²) in [6.45, 7) is 2.20. The molecule has 68 valence electrons. The lowest BCUT2D eigenvalue weighted by molar-refractivity contribution is 0.412. The second kappa shape index (κ2) is 5.20. The molecule has 1 rings (SSSR count). The number of unbranched alkanes of at least 4 members (excludes halogenated alkanes) is 3.